The Bertz CT molecular complexity index is 747. The van der Waals surface area contributed by atoms with Crippen molar-refractivity contribution in [3.63, 3.8) is 0 Å². The summed E-state index contributed by atoms with van der Waals surface area (Å²) in [7, 11) is 3.17. The van der Waals surface area contributed by atoms with Crippen molar-refractivity contribution >= 4 is 18.1 Å². The summed E-state index contributed by atoms with van der Waals surface area (Å²) in [6, 6.07) is 0. The maximum atomic E-state index is 12.6. The van der Waals surface area contributed by atoms with Gasteiger partial charge in [-0.25, -0.2) is 0 Å². The van der Waals surface area contributed by atoms with Gasteiger partial charge in [0, 0.05) is 0 Å². The maximum absolute atomic E-state index is 12.6. The van der Waals surface area contributed by atoms with Gasteiger partial charge in [-0.2, -0.15) is 0 Å². The van der Waals surface area contributed by atoms with Crippen LogP contribution in [0.5, 0.6) is 0 Å². The molecule has 3 nitrogen and oxygen atoms in total. The van der Waals surface area contributed by atoms with E-state index in [0.717, 1.165) is 31.3 Å². The summed E-state index contributed by atoms with van der Waals surface area (Å²) >= 11 is -1.40. The molecule has 0 aromatic carbocycles. The molecular weight excluding hydrogens is 580 g/mol. The molecule has 0 unspecified atom stereocenters. The Kier molecular flexibility index (Phi) is 8.65. The molecule has 2 rings (SSSR count). The Morgan fingerprint density at radius 1 is 1.21 bits per heavy atom. The number of hydrogen-bond donors (Lipinski definition) is 1. The van der Waals surface area contributed by atoms with E-state index in [2.05, 4.69) is 13.8 Å². The van der Waals surface area contributed by atoms with E-state index in [1.54, 1.807) is 24.3 Å². The Morgan fingerprint density at radius 3 is 2.39 bits per heavy atom. The molecule has 28 heavy (non-hydrogen) atoms. The Balaban J connectivity index is 2.02. The van der Waals surface area contributed by atoms with Crippen molar-refractivity contribution in [2.45, 2.75) is 67.7 Å². The Morgan fingerprint density at radius 2 is 1.82 bits per heavy atom. The zero-order valence-electron chi connectivity index (χ0n) is 17.6. The third kappa shape index (κ3) is 6.06. The average molecular weight is 614 g/mol. The van der Waals surface area contributed by atoms with Gasteiger partial charge in [0.25, 0.3) is 0 Å². The minimum absolute atomic E-state index is 0.0456. The van der Waals surface area contributed by atoms with E-state index < -0.39 is 44.0 Å². The first-order valence-electron chi connectivity index (χ1n) is 10.2. The standard InChI is InChI=1S/C22H33O3S.ClH.Hg/c1-18(12-13-20-21(2,3)15-9-16-22(20,4)23)14-17-26(24,25)19-10-7-5-6-8-11-19;;/h5-8,10-11,14-15,19-20,23H,9,12-13,16-17H2,1-4H3;1H;/q;;+1/p-1/b18-14+;;/t20-,22-;;/m0../s1. The van der Waals surface area contributed by atoms with Gasteiger partial charge in [-0.15, -0.1) is 0 Å². The average Bonchev–Trinajstić information content (AvgIpc) is 2.89. The van der Waals surface area contributed by atoms with Crippen LogP contribution in [0.15, 0.2) is 48.1 Å². The molecule has 0 spiro atoms. The second kappa shape index (κ2) is 9.93. The zero-order valence-corrected chi connectivity index (χ0v) is 24.6. The van der Waals surface area contributed by atoms with Crippen molar-refractivity contribution in [2.75, 3.05) is 5.75 Å². The van der Waals surface area contributed by atoms with Gasteiger partial charge < -0.3 is 0 Å². The van der Waals surface area contributed by atoms with Crippen molar-refractivity contribution in [1.29, 1.82) is 0 Å². The molecule has 0 heterocycles. The monoisotopic (exact) mass is 614 g/mol. The molecule has 0 amide bonds. The van der Waals surface area contributed by atoms with Gasteiger partial charge in [-0.3, -0.25) is 0 Å². The molecular formula is C22H33ClHgO3S. The summed E-state index contributed by atoms with van der Waals surface area (Å²) in [4.78, 5) is 0. The van der Waals surface area contributed by atoms with Crippen LogP contribution in [-0.4, -0.2) is 30.1 Å². The number of halogens is 1. The van der Waals surface area contributed by atoms with Crippen LogP contribution >= 0.6 is 8.25 Å². The fourth-order valence-corrected chi connectivity index (χ4v) is 15.0. The van der Waals surface area contributed by atoms with Crippen LogP contribution in [0.25, 0.3) is 0 Å². The molecule has 1 saturated carbocycles. The second-order valence-electron chi connectivity index (χ2n) is 9.16. The molecule has 0 bridgehead atoms. The van der Waals surface area contributed by atoms with Crippen molar-refractivity contribution in [3.05, 3.63) is 48.1 Å². The van der Waals surface area contributed by atoms with E-state index in [-0.39, 0.29) is 17.1 Å². The van der Waals surface area contributed by atoms with Crippen molar-refractivity contribution in [2.24, 2.45) is 11.3 Å². The normalized spacial score (nSPS) is 30.9. The number of hydrogen-bond acceptors (Lipinski definition) is 3. The minimum atomic E-state index is -3.25. The van der Waals surface area contributed by atoms with Gasteiger partial charge in [0.2, 0.25) is 0 Å². The van der Waals surface area contributed by atoms with E-state index in [9.17, 15) is 13.5 Å². The summed E-state index contributed by atoms with van der Waals surface area (Å²) in [5.41, 5.74) is 0.461. The van der Waals surface area contributed by atoms with Crippen LogP contribution in [0.2, 0.25) is 3.43 Å². The fraction of sp³-hybridized carbons (Fsp3) is 0.636. The molecule has 2 aliphatic rings. The fourth-order valence-electron chi connectivity index (χ4n) is 4.68. The van der Waals surface area contributed by atoms with E-state index in [4.69, 9.17) is 8.25 Å². The van der Waals surface area contributed by atoms with Gasteiger partial charge in [-0.1, -0.05) is 12.2 Å². The second-order valence-corrected chi connectivity index (χ2v) is 19.1. The summed E-state index contributed by atoms with van der Waals surface area (Å²) in [6.45, 7) is 8.49. The van der Waals surface area contributed by atoms with Gasteiger partial charge in [0.1, 0.15) is 0 Å². The molecule has 0 aliphatic heterocycles. The van der Waals surface area contributed by atoms with E-state index in [1.165, 1.54) is 0 Å². The summed E-state index contributed by atoms with van der Waals surface area (Å²) in [5, 5.41) is 10.4. The van der Waals surface area contributed by atoms with Crippen molar-refractivity contribution in [1.82, 2.24) is 0 Å². The van der Waals surface area contributed by atoms with E-state index in [1.807, 2.05) is 32.1 Å². The molecule has 2 aliphatic carbocycles. The van der Waals surface area contributed by atoms with Crippen LogP contribution in [0.4, 0.5) is 0 Å². The zero-order chi connectivity index (χ0) is 21.0. The molecule has 1 fully saturated rings. The SMILES string of the molecule is C/C(=C\CS(=O)(=O)C1C=CC=CC=C1)CC[C@H]1C(C)(C)[C@@H]([Hg][Cl])CC[C@]1(C)O. The molecule has 0 radical (unpaired) electrons. The third-order valence-electron chi connectivity index (χ3n) is 6.73. The van der Waals surface area contributed by atoms with Gasteiger partial charge in [0.15, 0.2) is 0 Å². The van der Waals surface area contributed by atoms with Gasteiger partial charge in [0.05, 0.1) is 0 Å². The first-order chi connectivity index (χ1) is 13.0. The van der Waals surface area contributed by atoms with E-state index >= 15 is 0 Å². The Labute approximate surface area is 186 Å². The van der Waals surface area contributed by atoms with E-state index in [0.29, 0.717) is 3.43 Å². The van der Waals surface area contributed by atoms with Crippen LogP contribution < -0.4 is 0 Å². The van der Waals surface area contributed by atoms with Crippen LogP contribution in [0.3, 0.4) is 0 Å². The number of sulfone groups is 1. The molecule has 0 aromatic rings. The molecule has 154 valence electrons. The molecule has 6 heteroatoms. The number of aliphatic hydroxyl groups is 1. The number of rotatable bonds is 7. The topological polar surface area (TPSA) is 54.4 Å². The molecule has 3 atom stereocenters. The first-order valence-corrected chi connectivity index (χ1v) is 21.8. The summed E-state index contributed by atoms with van der Waals surface area (Å²) in [6.07, 6.45) is 16.1. The van der Waals surface area contributed by atoms with Crippen LogP contribution in [-0.2, 0) is 33.2 Å². The quantitative estimate of drug-likeness (QED) is 0.310. The first kappa shape index (κ1) is 24.4. The third-order valence-corrected chi connectivity index (χ3v) is 18.9. The number of allylic oxidation sites excluding steroid dienone is 5. The predicted octanol–water partition coefficient (Wildman–Crippen LogP) is 5.39. The van der Waals surface area contributed by atoms with Gasteiger partial charge >= 0.3 is 176 Å². The van der Waals surface area contributed by atoms with Gasteiger partial charge in [-0.05, 0) is 0 Å². The predicted molar refractivity (Wildman–Crippen MR) is 115 cm³/mol. The summed E-state index contributed by atoms with van der Waals surface area (Å²) < 4.78 is 25.8. The van der Waals surface area contributed by atoms with Crippen LogP contribution in [0, 0.1) is 11.3 Å². The van der Waals surface area contributed by atoms with Crippen molar-refractivity contribution in [3.8, 4) is 0 Å². The molecule has 0 saturated heterocycles. The molecule has 1 N–H and O–H groups in total. The van der Waals surface area contributed by atoms with Crippen molar-refractivity contribution < 1.29 is 36.9 Å². The Hall–Kier alpha value is 0.0951. The van der Waals surface area contributed by atoms with Crippen LogP contribution in [0.1, 0.15) is 53.4 Å². The summed E-state index contributed by atoms with van der Waals surface area (Å²) in [5.74, 6) is 0.237. The molecule has 0 aromatic heterocycles.